The van der Waals surface area contributed by atoms with Gasteiger partial charge in [-0.05, 0) is 0 Å². The Balaban J connectivity index is 1.42. The summed E-state index contributed by atoms with van der Waals surface area (Å²) in [6, 6.07) is 21.8. The van der Waals surface area contributed by atoms with Gasteiger partial charge in [-0.2, -0.15) is 5.26 Å². The van der Waals surface area contributed by atoms with Crippen molar-refractivity contribution in [2.75, 3.05) is 5.75 Å². The molecule has 29 heavy (non-hydrogen) atoms. The van der Waals surface area contributed by atoms with Gasteiger partial charge in [0, 0.05) is 21.9 Å². The Hall–Kier alpha value is -2.79. The Kier molecular flexibility index (Phi) is 6.15. The second-order valence-corrected chi connectivity index (χ2v) is 9.09. The SMILES string of the molecule is N#CC(C(=O)CSc1nc(-c2ccccc2)cs1)c1nc(-c2ccccc2)cs1. The zero-order chi connectivity index (χ0) is 20.1. The van der Waals surface area contributed by atoms with Gasteiger partial charge >= 0.3 is 0 Å². The summed E-state index contributed by atoms with van der Waals surface area (Å²) in [6.07, 6.45) is 0. The number of Topliss-reactive ketones (excluding diaryl/α,β-unsaturated/α-hetero) is 1. The highest BCUT2D eigenvalue weighted by molar-refractivity contribution is 8.01. The topological polar surface area (TPSA) is 66.6 Å². The maximum absolute atomic E-state index is 12.7. The molecule has 1 unspecified atom stereocenters. The summed E-state index contributed by atoms with van der Waals surface area (Å²) in [4.78, 5) is 21.8. The molecule has 0 radical (unpaired) electrons. The lowest BCUT2D eigenvalue weighted by molar-refractivity contribution is -0.116. The average molecular weight is 434 g/mol. The quantitative estimate of drug-likeness (QED) is 0.339. The number of ketones is 1. The van der Waals surface area contributed by atoms with E-state index in [0.29, 0.717) is 5.01 Å². The van der Waals surface area contributed by atoms with Crippen LogP contribution in [-0.2, 0) is 4.79 Å². The molecular weight excluding hydrogens is 418 g/mol. The van der Waals surface area contributed by atoms with Crippen LogP contribution in [0.15, 0.2) is 75.8 Å². The number of hydrogen-bond donors (Lipinski definition) is 0. The van der Waals surface area contributed by atoms with Crippen molar-refractivity contribution in [1.82, 2.24) is 9.97 Å². The van der Waals surface area contributed by atoms with Gasteiger partial charge in [0.1, 0.15) is 5.01 Å². The molecule has 0 bridgehead atoms. The van der Waals surface area contributed by atoms with Gasteiger partial charge in [0.25, 0.3) is 0 Å². The third-order valence-corrected chi connectivity index (χ3v) is 7.13. The molecule has 1 atom stereocenters. The molecule has 0 aliphatic carbocycles. The van der Waals surface area contributed by atoms with Gasteiger partial charge in [-0.15, -0.1) is 22.7 Å². The van der Waals surface area contributed by atoms with Gasteiger partial charge < -0.3 is 0 Å². The number of aromatic nitrogens is 2. The van der Waals surface area contributed by atoms with Crippen LogP contribution in [0.4, 0.5) is 0 Å². The van der Waals surface area contributed by atoms with Crippen molar-refractivity contribution in [2.24, 2.45) is 0 Å². The monoisotopic (exact) mass is 433 g/mol. The van der Waals surface area contributed by atoms with E-state index in [1.165, 1.54) is 34.4 Å². The molecule has 7 heteroatoms. The van der Waals surface area contributed by atoms with Crippen molar-refractivity contribution in [1.29, 1.82) is 5.26 Å². The second kappa shape index (κ2) is 9.14. The van der Waals surface area contributed by atoms with Crippen molar-refractivity contribution in [3.05, 3.63) is 76.4 Å². The molecule has 0 saturated heterocycles. The van der Waals surface area contributed by atoms with E-state index < -0.39 is 5.92 Å². The number of hydrogen-bond acceptors (Lipinski definition) is 7. The van der Waals surface area contributed by atoms with Crippen LogP contribution in [0.3, 0.4) is 0 Å². The maximum atomic E-state index is 12.7. The number of carbonyl (C=O) groups is 1. The smallest absolute Gasteiger partial charge is 0.167 e. The van der Waals surface area contributed by atoms with Crippen LogP contribution in [0.1, 0.15) is 10.9 Å². The standard InChI is InChI=1S/C22H15N3OS3/c23-11-17(21-24-18(12-27-21)15-7-3-1-4-8-15)20(26)14-29-22-25-19(13-28-22)16-9-5-2-6-10-16/h1-10,12-13,17H,14H2. The highest BCUT2D eigenvalue weighted by Gasteiger charge is 2.24. The van der Waals surface area contributed by atoms with E-state index in [-0.39, 0.29) is 11.5 Å². The molecule has 4 rings (SSSR count). The number of thioether (sulfide) groups is 1. The molecule has 0 aliphatic rings. The Morgan fingerprint density at radius 3 is 2.14 bits per heavy atom. The maximum Gasteiger partial charge on any atom is 0.167 e. The third-order valence-electron chi connectivity index (χ3n) is 4.18. The number of nitrogens with zero attached hydrogens (tertiary/aromatic N) is 3. The Labute approximate surface area is 180 Å². The third kappa shape index (κ3) is 4.62. The van der Waals surface area contributed by atoms with E-state index in [2.05, 4.69) is 16.0 Å². The minimum absolute atomic E-state index is 0.150. The molecule has 0 saturated carbocycles. The highest BCUT2D eigenvalue weighted by Crippen LogP contribution is 2.31. The predicted octanol–water partition coefficient (Wildman–Crippen LogP) is 5.90. The molecule has 4 aromatic rings. The molecule has 2 aromatic carbocycles. The largest absolute Gasteiger partial charge is 0.297 e. The number of carbonyl (C=O) groups excluding carboxylic acids is 1. The zero-order valence-corrected chi connectivity index (χ0v) is 17.6. The molecule has 0 amide bonds. The number of rotatable bonds is 7. The minimum atomic E-state index is -0.849. The van der Waals surface area contributed by atoms with E-state index in [1.54, 1.807) is 0 Å². The van der Waals surface area contributed by atoms with E-state index in [1.807, 2.05) is 71.4 Å². The Morgan fingerprint density at radius 2 is 1.52 bits per heavy atom. The van der Waals surface area contributed by atoms with Crippen molar-refractivity contribution in [2.45, 2.75) is 10.3 Å². The highest BCUT2D eigenvalue weighted by atomic mass is 32.2. The van der Waals surface area contributed by atoms with Crippen LogP contribution in [0, 0.1) is 11.3 Å². The molecule has 0 spiro atoms. The number of benzene rings is 2. The van der Waals surface area contributed by atoms with E-state index in [9.17, 15) is 10.1 Å². The lowest BCUT2D eigenvalue weighted by Crippen LogP contribution is -2.13. The second-order valence-electron chi connectivity index (χ2n) is 6.12. The van der Waals surface area contributed by atoms with Crippen LogP contribution in [0.2, 0.25) is 0 Å². The normalized spacial score (nSPS) is 11.7. The van der Waals surface area contributed by atoms with Crippen LogP contribution in [0.25, 0.3) is 22.5 Å². The molecule has 2 aromatic heterocycles. The fourth-order valence-electron chi connectivity index (χ4n) is 2.71. The summed E-state index contributed by atoms with van der Waals surface area (Å²) in [5, 5.41) is 14.0. The first kappa shape index (κ1) is 19.5. The Bertz CT molecular complexity index is 1150. The number of nitriles is 1. The first-order valence-corrected chi connectivity index (χ1v) is 11.6. The molecule has 0 N–H and O–H groups in total. The van der Waals surface area contributed by atoms with Crippen LogP contribution in [0.5, 0.6) is 0 Å². The first-order valence-electron chi connectivity index (χ1n) is 8.81. The predicted molar refractivity (Wildman–Crippen MR) is 119 cm³/mol. The fourth-order valence-corrected chi connectivity index (χ4v) is 5.34. The molecule has 0 aliphatic heterocycles. The van der Waals surface area contributed by atoms with Crippen molar-refractivity contribution < 1.29 is 4.79 Å². The summed E-state index contributed by atoms with van der Waals surface area (Å²) in [6.45, 7) is 0. The van der Waals surface area contributed by atoms with Crippen molar-refractivity contribution in [3.63, 3.8) is 0 Å². The molecule has 2 heterocycles. The van der Waals surface area contributed by atoms with Crippen molar-refractivity contribution in [3.8, 4) is 28.6 Å². The molecule has 0 fully saturated rings. The van der Waals surface area contributed by atoms with Gasteiger partial charge in [-0.1, -0.05) is 72.4 Å². The van der Waals surface area contributed by atoms with Gasteiger partial charge in [-0.3, -0.25) is 4.79 Å². The molecule has 142 valence electrons. The Morgan fingerprint density at radius 1 is 0.931 bits per heavy atom. The lowest BCUT2D eigenvalue weighted by atomic mass is 10.1. The lowest BCUT2D eigenvalue weighted by Gasteiger charge is -2.04. The summed E-state index contributed by atoms with van der Waals surface area (Å²) >= 11 is 4.23. The minimum Gasteiger partial charge on any atom is -0.297 e. The molecular formula is C22H15N3OS3. The summed E-state index contributed by atoms with van der Waals surface area (Å²) < 4.78 is 0.818. The van der Waals surface area contributed by atoms with Gasteiger partial charge in [-0.25, -0.2) is 9.97 Å². The van der Waals surface area contributed by atoms with Crippen LogP contribution >= 0.6 is 34.4 Å². The van der Waals surface area contributed by atoms with Crippen LogP contribution in [-0.4, -0.2) is 21.5 Å². The van der Waals surface area contributed by atoms with Gasteiger partial charge in [0.05, 0.1) is 23.2 Å². The van der Waals surface area contributed by atoms with E-state index in [0.717, 1.165) is 26.9 Å². The van der Waals surface area contributed by atoms with Gasteiger partial charge in [0.15, 0.2) is 16.0 Å². The van der Waals surface area contributed by atoms with Crippen LogP contribution < -0.4 is 0 Å². The van der Waals surface area contributed by atoms with Crippen molar-refractivity contribution >= 4 is 40.2 Å². The summed E-state index contributed by atoms with van der Waals surface area (Å²) in [5.41, 5.74) is 3.71. The number of thiazole rings is 2. The summed E-state index contributed by atoms with van der Waals surface area (Å²) in [5.74, 6) is -0.804. The fraction of sp³-hybridized carbons (Fsp3) is 0.0909. The zero-order valence-electron chi connectivity index (χ0n) is 15.2. The first-order chi connectivity index (χ1) is 14.2. The van der Waals surface area contributed by atoms with Gasteiger partial charge in [0.2, 0.25) is 0 Å². The van der Waals surface area contributed by atoms with E-state index >= 15 is 0 Å². The average Bonchev–Trinajstić information content (AvgIpc) is 3.44. The summed E-state index contributed by atoms with van der Waals surface area (Å²) in [7, 11) is 0. The van der Waals surface area contributed by atoms with E-state index in [4.69, 9.17) is 0 Å². The molecule has 4 nitrogen and oxygen atoms in total.